The molecule has 2 unspecified atom stereocenters. The molecule has 0 spiro atoms. The Morgan fingerprint density at radius 3 is 1.52 bits per heavy atom. The van der Waals surface area contributed by atoms with Gasteiger partial charge in [-0.15, -0.1) is 0 Å². The average Bonchev–Trinajstić information content (AvgIpc) is 3.31. The minimum Gasteiger partial charge on any atom is -0.496 e. The third kappa shape index (κ3) is 9.46. The van der Waals surface area contributed by atoms with E-state index in [9.17, 15) is 16.8 Å². The lowest BCUT2D eigenvalue weighted by molar-refractivity contribution is 0.410. The molecule has 4 aromatic rings. The van der Waals surface area contributed by atoms with Crippen molar-refractivity contribution in [3.8, 4) is 11.5 Å². The van der Waals surface area contributed by atoms with Gasteiger partial charge in [-0.05, 0) is 99.6 Å². The van der Waals surface area contributed by atoms with Crippen LogP contribution in [0.4, 0.5) is 22.7 Å². The van der Waals surface area contributed by atoms with Crippen molar-refractivity contribution in [1.29, 1.82) is 0 Å². The molecule has 12 heteroatoms. The van der Waals surface area contributed by atoms with Gasteiger partial charge in [0.25, 0.3) is 0 Å². The topological polar surface area (TPSA) is 93.2 Å². The second-order valence-corrected chi connectivity index (χ2v) is 19.4. The highest BCUT2D eigenvalue weighted by Gasteiger charge is 2.34. The molecule has 6 rings (SSSR count). The minimum absolute atomic E-state index is 0.0947. The summed E-state index contributed by atoms with van der Waals surface area (Å²) < 4.78 is 64.9. The fraction of sp³-hybridized carbons (Fsp3) is 0.400. The summed E-state index contributed by atoms with van der Waals surface area (Å²) in [6.07, 6.45) is 6.04. The van der Waals surface area contributed by atoms with Crippen LogP contribution in [0.2, 0.25) is 0 Å². The van der Waals surface area contributed by atoms with Gasteiger partial charge in [-0.3, -0.25) is 0 Å². The number of hydrogen-bond donors (Lipinski definition) is 0. The van der Waals surface area contributed by atoms with Crippen LogP contribution in [0.25, 0.3) is 0 Å². The maximum Gasteiger partial charge on any atom is 0.180 e. The van der Waals surface area contributed by atoms with Gasteiger partial charge in [-0.2, -0.15) is 0 Å². The molecule has 0 fully saturated rings. The number of nitrogens with zero attached hydrogens (tertiary/aromatic N) is 2. The molecule has 0 amide bonds. The molecule has 2 aliphatic heterocycles. The summed E-state index contributed by atoms with van der Waals surface area (Å²) in [6, 6.07) is 27.1. The normalized spacial score (nSPS) is 18.9. The number of hydrogen-bond acceptors (Lipinski definition) is 8. The van der Waals surface area contributed by atoms with E-state index >= 15 is 0 Å². The van der Waals surface area contributed by atoms with Crippen LogP contribution in [0.15, 0.2) is 99.2 Å². The number of fused-ring (bicyclic) bond motifs is 2. The quantitative estimate of drug-likeness (QED) is 0.145. The maximum atomic E-state index is 13.1. The van der Waals surface area contributed by atoms with E-state index in [1.165, 1.54) is 0 Å². The van der Waals surface area contributed by atoms with E-state index in [-0.39, 0.29) is 23.3 Å². The molecule has 0 bridgehead atoms. The molecule has 8 nitrogen and oxygen atoms in total. The standard InChI is InChI=1S/C20H24BrNO3S.C20H24INO3S/c2*1-3-4-8-15-13-22(16-9-6-5-7-10-16)18-11-17(21)19(25-2)12-20(18)26(23,24)14-15/h2*5-7,9-12,15H,3-4,8,13-14H2,1-2H3. The van der Waals surface area contributed by atoms with Crippen LogP contribution < -0.4 is 19.3 Å². The van der Waals surface area contributed by atoms with Crippen molar-refractivity contribution in [3.05, 3.63) is 93.0 Å². The van der Waals surface area contributed by atoms with Crippen LogP contribution in [-0.4, -0.2) is 55.7 Å². The molecule has 0 radical (unpaired) electrons. The van der Waals surface area contributed by atoms with Crippen molar-refractivity contribution in [3.63, 3.8) is 0 Å². The van der Waals surface area contributed by atoms with E-state index in [4.69, 9.17) is 9.47 Å². The molecule has 0 saturated carbocycles. The second-order valence-electron chi connectivity index (χ2n) is 13.4. The monoisotopic (exact) mass is 922 g/mol. The first-order valence-electron chi connectivity index (χ1n) is 17.8. The summed E-state index contributed by atoms with van der Waals surface area (Å²) in [5, 5.41) is 0. The third-order valence-electron chi connectivity index (χ3n) is 9.58. The first kappa shape index (κ1) is 40.4. The van der Waals surface area contributed by atoms with Gasteiger partial charge in [0.05, 0.1) is 54.9 Å². The van der Waals surface area contributed by atoms with Gasteiger partial charge in [0.2, 0.25) is 0 Å². The lowest BCUT2D eigenvalue weighted by Gasteiger charge is -2.27. The van der Waals surface area contributed by atoms with Crippen LogP contribution in [0.1, 0.15) is 52.4 Å². The summed E-state index contributed by atoms with van der Waals surface area (Å²) in [7, 11) is -3.64. The van der Waals surface area contributed by atoms with Crippen molar-refractivity contribution < 1.29 is 26.3 Å². The van der Waals surface area contributed by atoms with Gasteiger partial charge in [-0.1, -0.05) is 75.9 Å². The number of para-hydroxylation sites is 2. The van der Waals surface area contributed by atoms with Crippen LogP contribution >= 0.6 is 38.5 Å². The van der Waals surface area contributed by atoms with Crippen LogP contribution in [0.3, 0.4) is 0 Å². The molecule has 0 aliphatic carbocycles. The highest BCUT2D eigenvalue weighted by molar-refractivity contribution is 14.1. The predicted molar refractivity (Wildman–Crippen MR) is 223 cm³/mol. The van der Waals surface area contributed by atoms with Crippen molar-refractivity contribution in [2.24, 2.45) is 11.8 Å². The van der Waals surface area contributed by atoms with E-state index in [0.717, 1.165) is 63.6 Å². The minimum atomic E-state index is -3.39. The van der Waals surface area contributed by atoms with Crippen molar-refractivity contribution in [2.45, 2.75) is 62.2 Å². The largest absolute Gasteiger partial charge is 0.496 e. The van der Waals surface area contributed by atoms with E-state index in [2.05, 4.69) is 62.2 Å². The lowest BCUT2D eigenvalue weighted by Crippen LogP contribution is -2.26. The number of methoxy groups -OCH3 is 2. The van der Waals surface area contributed by atoms with E-state index < -0.39 is 19.7 Å². The lowest BCUT2D eigenvalue weighted by atomic mass is 10.0. The second kappa shape index (κ2) is 18.0. The van der Waals surface area contributed by atoms with E-state index in [1.807, 2.05) is 72.8 Å². The Bertz CT molecular complexity index is 1890. The highest BCUT2D eigenvalue weighted by atomic mass is 127. The number of ether oxygens (including phenoxy) is 2. The number of anilines is 4. The molecule has 2 atom stereocenters. The maximum absolute atomic E-state index is 13.1. The Hall–Kier alpha value is -2.81. The Labute approximate surface area is 332 Å². The zero-order chi connectivity index (χ0) is 37.5. The van der Waals surface area contributed by atoms with Gasteiger partial charge in [0, 0.05) is 36.6 Å². The van der Waals surface area contributed by atoms with Crippen LogP contribution in [-0.2, 0) is 19.7 Å². The van der Waals surface area contributed by atoms with Gasteiger partial charge in [0.1, 0.15) is 11.5 Å². The van der Waals surface area contributed by atoms with Gasteiger partial charge in [0.15, 0.2) is 19.7 Å². The molecule has 0 N–H and O–H groups in total. The summed E-state index contributed by atoms with van der Waals surface area (Å²) in [5.74, 6) is 1.70. The highest BCUT2D eigenvalue weighted by Crippen LogP contribution is 2.43. The number of sulfone groups is 2. The Morgan fingerprint density at radius 2 is 1.10 bits per heavy atom. The Morgan fingerprint density at radius 1 is 0.673 bits per heavy atom. The number of benzene rings is 4. The molecule has 4 aromatic carbocycles. The molecule has 2 heterocycles. The number of halogens is 2. The molecule has 52 heavy (non-hydrogen) atoms. The van der Waals surface area contributed by atoms with Gasteiger partial charge in [-0.25, -0.2) is 16.8 Å². The van der Waals surface area contributed by atoms with Gasteiger partial charge >= 0.3 is 0 Å². The number of rotatable bonds is 10. The zero-order valence-corrected chi connectivity index (χ0v) is 35.6. The average molecular weight is 924 g/mol. The fourth-order valence-electron chi connectivity index (χ4n) is 6.94. The first-order valence-corrected chi connectivity index (χ1v) is 23.0. The summed E-state index contributed by atoms with van der Waals surface area (Å²) in [6.45, 7) is 5.67. The Kier molecular flexibility index (Phi) is 14.0. The molecule has 0 aromatic heterocycles. The molecule has 280 valence electrons. The van der Waals surface area contributed by atoms with Crippen LogP contribution in [0.5, 0.6) is 11.5 Å². The number of unbranched alkanes of at least 4 members (excludes halogenated alkanes) is 2. The van der Waals surface area contributed by atoms with Gasteiger partial charge < -0.3 is 19.3 Å². The fourth-order valence-corrected chi connectivity index (χ4v) is 11.8. The van der Waals surface area contributed by atoms with Crippen LogP contribution in [0, 0.1) is 15.4 Å². The predicted octanol–water partition coefficient (Wildman–Crippen LogP) is 10.2. The summed E-state index contributed by atoms with van der Waals surface area (Å²) in [4.78, 5) is 5.00. The molecular formula is C40H48BrIN2O6S2. The first-order chi connectivity index (χ1) is 24.9. The molecular weight excluding hydrogens is 875 g/mol. The SMILES string of the molecule is CCCCC1CN(c2ccccc2)c2cc(Br)c(OC)cc2S(=O)(=O)C1.CCCCC1CN(c2ccccc2)c2cc(I)c(OC)cc2S(=O)(=O)C1. The van der Waals surface area contributed by atoms with Crippen molar-refractivity contribution in [1.82, 2.24) is 0 Å². The molecule has 0 saturated heterocycles. The zero-order valence-electron chi connectivity index (χ0n) is 30.2. The summed E-state index contributed by atoms with van der Waals surface area (Å²) >= 11 is 5.71. The molecule has 2 aliphatic rings. The smallest absolute Gasteiger partial charge is 0.180 e. The van der Waals surface area contributed by atoms with E-state index in [0.29, 0.717) is 40.1 Å². The van der Waals surface area contributed by atoms with E-state index in [1.54, 1.807) is 26.4 Å². The van der Waals surface area contributed by atoms with Crippen molar-refractivity contribution in [2.75, 3.05) is 48.6 Å². The Balaban J connectivity index is 0.000000201. The third-order valence-corrected chi connectivity index (χ3v) is 14.9. The summed E-state index contributed by atoms with van der Waals surface area (Å²) in [5.41, 5.74) is 3.49. The van der Waals surface area contributed by atoms with Crippen molar-refractivity contribution >= 4 is 80.9 Å².